The van der Waals surface area contributed by atoms with Crippen LogP contribution in [0.25, 0.3) is 0 Å². The van der Waals surface area contributed by atoms with Crippen LogP contribution in [0.2, 0.25) is 0 Å². The van der Waals surface area contributed by atoms with Crippen LogP contribution in [0.3, 0.4) is 0 Å². The Morgan fingerprint density at radius 3 is 2.27 bits per heavy atom. The van der Waals surface area contributed by atoms with Crippen molar-refractivity contribution in [3.63, 3.8) is 0 Å². The number of ether oxygens (including phenoxy) is 1. The summed E-state index contributed by atoms with van der Waals surface area (Å²) in [6, 6.07) is 0. The van der Waals surface area contributed by atoms with Crippen molar-refractivity contribution in [3.8, 4) is 0 Å². The Bertz CT molecular complexity index is 193. The second-order valence-corrected chi connectivity index (χ2v) is 4.08. The molecule has 0 fully saturated rings. The molecule has 0 N–H and O–H groups in total. The molecule has 0 amide bonds. The van der Waals surface area contributed by atoms with Crippen LogP contribution in [0.5, 0.6) is 0 Å². The zero-order valence-electron chi connectivity index (χ0n) is 10.3. The molecule has 0 unspecified atom stereocenters. The van der Waals surface area contributed by atoms with E-state index in [1.165, 1.54) is 18.9 Å². The fourth-order valence-electron chi connectivity index (χ4n) is 2.04. The van der Waals surface area contributed by atoms with Crippen molar-refractivity contribution >= 4 is 5.97 Å². The van der Waals surface area contributed by atoms with Crippen molar-refractivity contribution in [1.29, 1.82) is 0 Å². The van der Waals surface area contributed by atoms with Crippen LogP contribution in [0.4, 0.5) is 0 Å². The van der Waals surface area contributed by atoms with E-state index in [0.29, 0.717) is 12.0 Å². The molecule has 2 nitrogen and oxygen atoms in total. The van der Waals surface area contributed by atoms with Gasteiger partial charge in [0.05, 0.1) is 6.61 Å². The first-order valence-electron chi connectivity index (χ1n) is 5.93. The normalized spacial score (nSPS) is 11.1. The molecule has 0 heterocycles. The van der Waals surface area contributed by atoms with Crippen LogP contribution in [0, 0.1) is 5.41 Å². The SMILES string of the molecule is C=CC(=O)OCCC(CC)(CC)CCC. The lowest BCUT2D eigenvalue weighted by Gasteiger charge is -2.31. The van der Waals surface area contributed by atoms with Crippen molar-refractivity contribution in [2.75, 3.05) is 6.61 Å². The highest BCUT2D eigenvalue weighted by atomic mass is 16.5. The molecular weight excluding hydrogens is 188 g/mol. The Morgan fingerprint density at radius 2 is 1.87 bits per heavy atom. The van der Waals surface area contributed by atoms with Gasteiger partial charge < -0.3 is 4.74 Å². The second-order valence-electron chi connectivity index (χ2n) is 4.08. The molecule has 0 aliphatic rings. The zero-order valence-corrected chi connectivity index (χ0v) is 10.3. The summed E-state index contributed by atoms with van der Waals surface area (Å²) in [6.45, 7) is 10.5. The number of hydrogen-bond acceptors (Lipinski definition) is 2. The minimum absolute atomic E-state index is 0.312. The number of hydrogen-bond donors (Lipinski definition) is 0. The van der Waals surface area contributed by atoms with Gasteiger partial charge in [-0.15, -0.1) is 0 Å². The van der Waals surface area contributed by atoms with Crippen LogP contribution in [-0.2, 0) is 9.53 Å². The summed E-state index contributed by atoms with van der Waals surface area (Å²) in [5.74, 6) is -0.312. The number of esters is 1. The summed E-state index contributed by atoms with van der Waals surface area (Å²) in [5.41, 5.74) is 0.357. The molecule has 0 bridgehead atoms. The van der Waals surface area contributed by atoms with Crippen LogP contribution in [0.15, 0.2) is 12.7 Å². The summed E-state index contributed by atoms with van der Waals surface area (Å²) in [7, 11) is 0. The molecule has 0 aromatic carbocycles. The van der Waals surface area contributed by atoms with E-state index in [0.717, 1.165) is 19.3 Å². The van der Waals surface area contributed by atoms with Gasteiger partial charge in [0.25, 0.3) is 0 Å². The molecule has 15 heavy (non-hydrogen) atoms. The van der Waals surface area contributed by atoms with Crippen molar-refractivity contribution in [2.24, 2.45) is 5.41 Å². The van der Waals surface area contributed by atoms with E-state index in [4.69, 9.17) is 4.74 Å². The highest BCUT2D eigenvalue weighted by Gasteiger charge is 2.24. The highest BCUT2D eigenvalue weighted by molar-refractivity contribution is 5.81. The Labute approximate surface area is 93.7 Å². The predicted molar refractivity (Wildman–Crippen MR) is 63.7 cm³/mol. The van der Waals surface area contributed by atoms with Crippen molar-refractivity contribution in [3.05, 3.63) is 12.7 Å². The molecule has 0 spiro atoms. The van der Waals surface area contributed by atoms with Crippen molar-refractivity contribution < 1.29 is 9.53 Å². The number of rotatable bonds is 8. The number of carbonyl (C=O) groups excluding carboxylic acids is 1. The lowest BCUT2D eigenvalue weighted by atomic mass is 9.76. The van der Waals surface area contributed by atoms with Crippen LogP contribution >= 0.6 is 0 Å². The number of carbonyl (C=O) groups is 1. The molecule has 2 heteroatoms. The Hall–Kier alpha value is -0.790. The maximum Gasteiger partial charge on any atom is 0.330 e. The van der Waals surface area contributed by atoms with Gasteiger partial charge in [0, 0.05) is 6.08 Å². The molecule has 0 atom stereocenters. The minimum atomic E-state index is -0.312. The Kier molecular flexibility index (Phi) is 7.10. The first-order valence-corrected chi connectivity index (χ1v) is 5.93. The molecule has 0 aromatic rings. The van der Waals surface area contributed by atoms with E-state index in [-0.39, 0.29) is 5.97 Å². The van der Waals surface area contributed by atoms with Crippen molar-refractivity contribution in [1.82, 2.24) is 0 Å². The zero-order chi connectivity index (χ0) is 11.7. The van der Waals surface area contributed by atoms with E-state index in [9.17, 15) is 4.79 Å². The Balaban J connectivity index is 4.05. The largest absolute Gasteiger partial charge is 0.463 e. The highest BCUT2D eigenvalue weighted by Crippen LogP contribution is 2.35. The molecule has 0 radical (unpaired) electrons. The van der Waals surface area contributed by atoms with E-state index in [1.54, 1.807) is 0 Å². The third kappa shape index (κ3) is 5.01. The molecule has 0 saturated carbocycles. The predicted octanol–water partition coefficient (Wildman–Crippen LogP) is 3.71. The fraction of sp³-hybridized carbons (Fsp3) is 0.769. The third-order valence-electron chi connectivity index (χ3n) is 3.32. The monoisotopic (exact) mass is 212 g/mol. The van der Waals surface area contributed by atoms with Gasteiger partial charge in [-0.05, 0) is 18.3 Å². The van der Waals surface area contributed by atoms with E-state index >= 15 is 0 Å². The van der Waals surface area contributed by atoms with Gasteiger partial charge in [0.15, 0.2) is 0 Å². The maximum absolute atomic E-state index is 10.9. The van der Waals surface area contributed by atoms with E-state index < -0.39 is 0 Å². The molecule has 88 valence electrons. The summed E-state index contributed by atoms with van der Waals surface area (Å²) in [5, 5.41) is 0. The molecule has 0 aliphatic carbocycles. The molecule has 0 rings (SSSR count). The minimum Gasteiger partial charge on any atom is -0.463 e. The summed E-state index contributed by atoms with van der Waals surface area (Å²) >= 11 is 0. The standard InChI is InChI=1S/C13H24O2/c1-5-9-13(7-3,8-4)10-11-15-12(14)6-2/h6H,2,5,7-11H2,1,3-4H3. The maximum atomic E-state index is 10.9. The summed E-state index contributed by atoms with van der Waals surface area (Å²) in [6.07, 6.45) is 6.90. The van der Waals surface area contributed by atoms with Crippen LogP contribution in [0.1, 0.15) is 52.9 Å². The molecule has 0 saturated heterocycles. The van der Waals surface area contributed by atoms with Gasteiger partial charge >= 0.3 is 5.97 Å². The summed E-state index contributed by atoms with van der Waals surface area (Å²) < 4.78 is 5.04. The van der Waals surface area contributed by atoms with Gasteiger partial charge in [-0.25, -0.2) is 4.79 Å². The fourth-order valence-corrected chi connectivity index (χ4v) is 2.04. The van der Waals surface area contributed by atoms with Gasteiger partial charge in [-0.1, -0.05) is 46.6 Å². The second kappa shape index (κ2) is 7.49. The lowest BCUT2D eigenvalue weighted by molar-refractivity contribution is -0.138. The first-order chi connectivity index (χ1) is 7.14. The van der Waals surface area contributed by atoms with Gasteiger partial charge in [0.1, 0.15) is 0 Å². The van der Waals surface area contributed by atoms with Gasteiger partial charge in [-0.2, -0.15) is 0 Å². The molecular formula is C13H24O2. The first kappa shape index (κ1) is 14.2. The van der Waals surface area contributed by atoms with E-state index in [1.807, 2.05) is 0 Å². The van der Waals surface area contributed by atoms with E-state index in [2.05, 4.69) is 27.4 Å². The van der Waals surface area contributed by atoms with Crippen LogP contribution in [-0.4, -0.2) is 12.6 Å². The van der Waals surface area contributed by atoms with Crippen molar-refractivity contribution in [2.45, 2.75) is 52.9 Å². The van der Waals surface area contributed by atoms with Crippen LogP contribution < -0.4 is 0 Å². The third-order valence-corrected chi connectivity index (χ3v) is 3.32. The molecule has 0 aromatic heterocycles. The average molecular weight is 212 g/mol. The average Bonchev–Trinajstić information content (AvgIpc) is 2.27. The Morgan fingerprint density at radius 1 is 1.27 bits per heavy atom. The quantitative estimate of drug-likeness (QED) is 0.453. The van der Waals surface area contributed by atoms with Gasteiger partial charge in [0.2, 0.25) is 0 Å². The summed E-state index contributed by atoms with van der Waals surface area (Å²) in [4.78, 5) is 10.9. The van der Waals surface area contributed by atoms with Gasteiger partial charge in [-0.3, -0.25) is 0 Å². The smallest absolute Gasteiger partial charge is 0.330 e. The topological polar surface area (TPSA) is 26.3 Å². The molecule has 0 aliphatic heterocycles. The lowest BCUT2D eigenvalue weighted by Crippen LogP contribution is -2.21.